The summed E-state index contributed by atoms with van der Waals surface area (Å²) < 4.78 is 0. The number of nitrogens with zero attached hydrogens (tertiary/aromatic N) is 2. The molecule has 1 atom stereocenters. The highest BCUT2D eigenvalue weighted by molar-refractivity contribution is 5.92. The minimum atomic E-state index is -0.969. The number of nitrogens with two attached hydrogens (primary N) is 3. The Morgan fingerprint density at radius 1 is 1.64 bits per heavy atom. The van der Waals surface area contributed by atoms with Crippen molar-refractivity contribution in [1.29, 1.82) is 0 Å². The summed E-state index contributed by atoms with van der Waals surface area (Å²) in [5.74, 6) is 5.24. The molecule has 64 valence electrons. The number of rotatable bonds is 1. The molecule has 0 aromatic rings. The summed E-state index contributed by atoms with van der Waals surface area (Å²) >= 11 is 0. The molecule has 1 unspecified atom stereocenters. The fraction of sp³-hybridized carbons (Fsp3) is 0.800. The molecular formula is C5H14N6. The van der Waals surface area contributed by atoms with Crippen LogP contribution in [0.1, 0.15) is 6.92 Å². The van der Waals surface area contributed by atoms with Gasteiger partial charge in [-0.25, -0.2) is 5.43 Å². The molecule has 0 saturated carbocycles. The number of hydrogen-bond acceptors (Lipinski definition) is 6. The fourth-order valence-corrected chi connectivity index (χ4v) is 1.13. The third-order valence-corrected chi connectivity index (χ3v) is 1.92. The molecule has 0 bridgehead atoms. The highest BCUT2D eigenvalue weighted by Crippen LogP contribution is 2.14. The number of hydrogen-bond donors (Lipinski definition) is 4. The first-order chi connectivity index (χ1) is 5.00. The quantitative estimate of drug-likeness (QED) is 0.195. The molecule has 6 nitrogen and oxygen atoms in total. The van der Waals surface area contributed by atoms with E-state index < -0.39 is 5.66 Å². The van der Waals surface area contributed by atoms with Gasteiger partial charge in [-0.1, -0.05) is 0 Å². The molecule has 0 amide bonds. The van der Waals surface area contributed by atoms with Gasteiger partial charge in [-0.3, -0.25) is 10.9 Å². The van der Waals surface area contributed by atoms with Gasteiger partial charge in [0.2, 0.25) is 0 Å². The number of hydrazone groups is 1. The van der Waals surface area contributed by atoms with Gasteiger partial charge in [0, 0.05) is 7.05 Å². The molecule has 11 heavy (non-hydrogen) atoms. The maximum atomic E-state index is 5.73. The molecular weight excluding hydrogens is 144 g/mol. The van der Waals surface area contributed by atoms with E-state index >= 15 is 0 Å². The van der Waals surface area contributed by atoms with Gasteiger partial charge in [0.25, 0.3) is 0 Å². The highest BCUT2D eigenvalue weighted by atomic mass is 15.6. The van der Waals surface area contributed by atoms with Crippen LogP contribution in [-0.2, 0) is 0 Å². The molecule has 7 N–H and O–H groups in total. The Labute approximate surface area is 65.4 Å². The van der Waals surface area contributed by atoms with E-state index in [-0.39, 0.29) is 6.17 Å². The number of nitrogens with one attached hydrogen (secondary N) is 1. The predicted molar refractivity (Wildman–Crippen MR) is 43.1 cm³/mol. The third-order valence-electron chi connectivity index (χ3n) is 1.92. The van der Waals surface area contributed by atoms with Crippen molar-refractivity contribution >= 4 is 5.71 Å². The van der Waals surface area contributed by atoms with Crippen molar-refractivity contribution in [3.63, 3.8) is 0 Å². The van der Waals surface area contributed by atoms with E-state index in [0.29, 0.717) is 5.71 Å². The zero-order chi connectivity index (χ0) is 8.65. The van der Waals surface area contributed by atoms with Gasteiger partial charge in [0.15, 0.2) is 0 Å². The van der Waals surface area contributed by atoms with E-state index in [1.807, 2.05) is 0 Å². The van der Waals surface area contributed by atoms with Gasteiger partial charge in [0.1, 0.15) is 11.8 Å². The molecule has 0 aromatic carbocycles. The molecule has 6 heteroatoms. The molecule has 0 radical (unpaired) electrons. The van der Waals surface area contributed by atoms with E-state index in [1.165, 1.54) is 0 Å². The third kappa shape index (κ3) is 1.10. The Balaban J connectivity index is 2.86. The van der Waals surface area contributed by atoms with Crippen LogP contribution in [0.4, 0.5) is 0 Å². The summed E-state index contributed by atoms with van der Waals surface area (Å²) in [6, 6.07) is 0. The Bertz CT molecular complexity index is 185. The zero-order valence-corrected chi connectivity index (χ0v) is 6.70. The molecule has 0 saturated heterocycles. The van der Waals surface area contributed by atoms with Gasteiger partial charge >= 0.3 is 0 Å². The SMILES string of the molecule is CC1=NN(C)C(NN)C1(N)N. The van der Waals surface area contributed by atoms with Crippen LogP contribution in [0.3, 0.4) is 0 Å². The van der Waals surface area contributed by atoms with E-state index in [0.717, 1.165) is 0 Å². The van der Waals surface area contributed by atoms with E-state index in [2.05, 4.69) is 10.5 Å². The summed E-state index contributed by atoms with van der Waals surface area (Å²) in [6.45, 7) is 1.77. The summed E-state index contributed by atoms with van der Waals surface area (Å²) in [4.78, 5) is 0. The lowest BCUT2D eigenvalue weighted by atomic mass is 10.1. The standard InChI is InChI=1S/C5H14N6/c1-3-5(6,7)4(9-8)11(2)10-3/h4,9H,6-8H2,1-2H3. The van der Waals surface area contributed by atoms with Crippen molar-refractivity contribution in [3.8, 4) is 0 Å². The van der Waals surface area contributed by atoms with Gasteiger partial charge < -0.3 is 11.5 Å². The Morgan fingerprint density at radius 2 is 2.18 bits per heavy atom. The molecule has 0 spiro atoms. The first-order valence-electron chi connectivity index (χ1n) is 3.32. The predicted octanol–water partition coefficient (Wildman–Crippen LogP) is -2.29. The number of likely N-dealkylation sites (N-methyl/N-ethyl adjacent to an activating group) is 1. The highest BCUT2D eigenvalue weighted by Gasteiger charge is 2.41. The van der Waals surface area contributed by atoms with Crippen LogP contribution in [0.2, 0.25) is 0 Å². The van der Waals surface area contributed by atoms with Crippen LogP contribution in [0, 0.1) is 0 Å². The fourth-order valence-electron chi connectivity index (χ4n) is 1.13. The normalized spacial score (nSPS) is 29.0. The molecule has 0 aromatic heterocycles. The second kappa shape index (κ2) is 2.42. The van der Waals surface area contributed by atoms with Crippen LogP contribution >= 0.6 is 0 Å². The topological polar surface area (TPSA) is 106 Å². The Morgan fingerprint density at radius 3 is 2.36 bits per heavy atom. The zero-order valence-electron chi connectivity index (χ0n) is 6.70. The minimum absolute atomic E-state index is 0.331. The maximum absolute atomic E-state index is 5.73. The van der Waals surface area contributed by atoms with E-state index in [9.17, 15) is 0 Å². The number of hydrazine groups is 1. The lowest BCUT2D eigenvalue weighted by Crippen LogP contribution is -2.69. The smallest absolute Gasteiger partial charge is 0.145 e. The van der Waals surface area contributed by atoms with E-state index in [4.69, 9.17) is 17.3 Å². The summed E-state index contributed by atoms with van der Waals surface area (Å²) in [7, 11) is 1.76. The van der Waals surface area contributed by atoms with E-state index in [1.54, 1.807) is 19.0 Å². The summed E-state index contributed by atoms with van der Waals surface area (Å²) in [5.41, 5.74) is 13.7. The van der Waals surface area contributed by atoms with Crippen LogP contribution in [0.5, 0.6) is 0 Å². The van der Waals surface area contributed by atoms with Crippen molar-refractivity contribution < 1.29 is 0 Å². The van der Waals surface area contributed by atoms with Crippen LogP contribution in [-0.4, -0.2) is 29.6 Å². The van der Waals surface area contributed by atoms with Gasteiger partial charge in [-0.2, -0.15) is 5.10 Å². The first-order valence-corrected chi connectivity index (χ1v) is 3.32. The van der Waals surface area contributed by atoms with Gasteiger partial charge in [0.05, 0.1) is 5.71 Å². The molecule has 0 aliphatic carbocycles. The lowest BCUT2D eigenvalue weighted by molar-refractivity contribution is 0.189. The van der Waals surface area contributed by atoms with Crippen molar-refractivity contribution in [2.24, 2.45) is 22.4 Å². The second-order valence-corrected chi connectivity index (χ2v) is 2.76. The van der Waals surface area contributed by atoms with Crippen molar-refractivity contribution in [2.75, 3.05) is 7.05 Å². The van der Waals surface area contributed by atoms with Gasteiger partial charge in [-0.05, 0) is 6.92 Å². The maximum Gasteiger partial charge on any atom is 0.145 e. The Kier molecular flexibility index (Phi) is 1.85. The first kappa shape index (κ1) is 8.41. The molecule has 0 fully saturated rings. The monoisotopic (exact) mass is 158 g/mol. The second-order valence-electron chi connectivity index (χ2n) is 2.76. The largest absolute Gasteiger partial charge is 0.306 e. The van der Waals surface area contributed by atoms with Crippen LogP contribution in [0.15, 0.2) is 5.10 Å². The Hall–Kier alpha value is -0.690. The van der Waals surface area contributed by atoms with Crippen LogP contribution in [0.25, 0.3) is 0 Å². The summed E-state index contributed by atoms with van der Waals surface area (Å²) in [6.07, 6.45) is -0.331. The molecule has 1 aliphatic heterocycles. The van der Waals surface area contributed by atoms with Crippen molar-refractivity contribution in [1.82, 2.24) is 10.4 Å². The van der Waals surface area contributed by atoms with Crippen molar-refractivity contribution in [2.45, 2.75) is 18.8 Å². The average molecular weight is 158 g/mol. The molecule has 1 heterocycles. The lowest BCUT2D eigenvalue weighted by Gasteiger charge is -2.29. The molecule has 1 rings (SSSR count). The average Bonchev–Trinajstić information content (AvgIpc) is 2.04. The van der Waals surface area contributed by atoms with Crippen molar-refractivity contribution in [3.05, 3.63) is 0 Å². The van der Waals surface area contributed by atoms with Crippen LogP contribution < -0.4 is 22.7 Å². The van der Waals surface area contributed by atoms with Gasteiger partial charge in [-0.15, -0.1) is 0 Å². The summed E-state index contributed by atoms with van der Waals surface area (Å²) in [5, 5.41) is 5.66. The molecule has 1 aliphatic rings. The minimum Gasteiger partial charge on any atom is -0.306 e.